The van der Waals surface area contributed by atoms with Gasteiger partial charge < -0.3 is 5.32 Å². The van der Waals surface area contributed by atoms with E-state index in [1.165, 1.54) is 5.56 Å². The van der Waals surface area contributed by atoms with Gasteiger partial charge in [0.15, 0.2) is 0 Å². The zero-order valence-corrected chi connectivity index (χ0v) is 10.5. The smallest absolute Gasteiger partial charge is 0.0134 e. The summed E-state index contributed by atoms with van der Waals surface area (Å²) in [7, 11) is 1.95. The summed E-state index contributed by atoms with van der Waals surface area (Å²) in [4.78, 5) is 0. The number of halogens is 1. The molecule has 1 nitrogen and oxygen atoms in total. The van der Waals surface area contributed by atoms with Crippen molar-refractivity contribution in [2.24, 2.45) is 0 Å². The largest absolute Gasteiger partial charge is 0.316 e. The number of nitrogens with one attached hydrogen (secondary N) is 1. The van der Waals surface area contributed by atoms with Gasteiger partial charge in [-0.2, -0.15) is 0 Å². The lowest BCUT2D eigenvalue weighted by molar-refractivity contribution is 0.919. The van der Waals surface area contributed by atoms with Gasteiger partial charge in [-0.05, 0) is 25.5 Å². The van der Waals surface area contributed by atoms with Crippen LogP contribution in [-0.2, 0) is 6.42 Å². The first-order chi connectivity index (χ1) is 7.43. The van der Waals surface area contributed by atoms with E-state index >= 15 is 0 Å². The highest BCUT2D eigenvalue weighted by molar-refractivity contribution is 5.85. The van der Waals surface area contributed by atoms with Crippen LogP contribution in [0, 0.1) is 0 Å². The fourth-order valence-electron chi connectivity index (χ4n) is 1.33. The second kappa shape index (κ2) is 10.5. The number of likely N-dealkylation sites (N-methyl/N-ethyl adjacent to an activating group) is 1. The minimum atomic E-state index is 0. The second-order valence-electron chi connectivity index (χ2n) is 3.44. The average molecular weight is 238 g/mol. The maximum absolute atomic E-state index is 3.06. The van der Waals surface area contributed by atoms with Crippen LogP contribution in [0.25, 0.3) is 0 Å². The molecule has 88 valence electrons. The van der Waals surface area contributed by atoms with Gasteiger partial charge in [-0.3, -0.25) is 0 Å². The van der Waals surface area contributed by atoms with Crippen LogP contribution >= 0.6 is 12.4 Å². The normalized spacial score (nSPS) is 10.8. The Morgan fingerprint density at radius 2 is 1.75 bits per heavy atom. The molecular weight excluding hydrogens is 218 g/mol. The van der Waals surface area contributed by atoms with Crippen LogP contribution in [0.2, 0.25) is 0 Å². The lowest BCUT2D eigenvalue weighted by atomic mass is 10.1. The first kappa shape index (κ1) is 14.9. The van der Waals surface area contributed by atoms with Gasteiger partial charge in [-0.1, -0.05) is 54.6 Å². The van der Waals surface area contributed by atoms with Crippen LogP contribution in [0.5, 0.6) is 0 Å². The van der Waals surface area contributed by atoms with Gasteiger partial charge in [0.2, 0.25) is 0 Å². The molecule has 2 heteroatoms. The van der Waals surface area contributed by atoms with Crippen LogP contribution in [0.1, 0.15) is 12.0 Å². The van der Waals surface area contributed by atoms with E-state index in [0.29, 0.717) is 0 Å². The van der Waals surface area contributed by atoms with Crippen LogP contribution in [0.3, 0.4) is 0 Å². The lowest BCUT2D eigenvalue weighted by Crippen LogP contribution is -2.03. The topological polar surface area (TPSA) is 12.0 Å². The fraction of sp³-hybridized carbons (Fsp3) is 0.286. The molecule has 0 aromatic heterocycles. The number of aryl methyl sites for hydroxylation is 1. The molecule has 0 bridgehead atoms. The van der Waals surface area contributed by atoms with Crippen molar-refractivity contribution >= 4 is 12.4 Å². The van der Waals surface area contributed by atoms with E-state index in [1.807, 2.05) is 7.05 Å². The highest BCUT2D eigenvalue weighted by atomic mass is 35.5. The average Bonchev–Trinajstić information content (AvgIpc) is 2.29. The Morgan fingerprint density at radius 3 is 2.44 bits per heavy atom. The fourth-order valence-corrected chi connectivity index (χ4v) is 1.33. The van der Waals surface area contributed by atoms with Gasteiger partial charge in [0.25, 0.3) is 0 Å². The van der Waals surface area contributed by atoms with Gasteiger partial charge in [0.05, 0.1) is 0 Å². The van der Waals surface area contributed by atoms with E-state index in [-0.39, 0.29) is 12.4 Å². The van der Waals surface area contributed by atoms with E-state index in [0.717, 1.165) is 19.4 Å². The Hall–Kier alpha value is -1.05. The Labute approximate surface area is 105 Å². The van der Waals surface area contributed by atoms with Crippen molar-refractivity contribution in [3.8, 4) is 0 Å². The molecule has 1 aromatic carbocycles. The molecule has 0 aliphatic heterocycles. The third kappa shape index (κ3) is 7.27. The molecule has 0 saturated carbocycles. The van der Waals surface area contributed by atoms with E-state index in [4.69, 9.17) is 0 Å². The molecule has 0 aliphatic carbocycles. The molecule has 0 aliphatic rings. The molecule has 16 heavy (non-hydrogen) atoms. The summed E-state index contributed by atoms with van der Waals surface area (Å²) in [6, 6.07) is 10.6. The number of benzene rings is 1. The molecule has 1 aromatic rings. The zero-order valence-electron chi connectivity index (χ0n) is 9.73. The van der Waals surface area contributed by atoms with E-state index in [9.17, 15) is 0 Å². The van der Waals surface area contributed by atoms with E-state index in [1.54, 1.807) is 0 Å². The van der Waals surface area contributed by atoms with Gasteiger partial charge >= 0.3 is 0 Å². The van der Waals surface area contributed by atoms with Crippen molar-refractivity contribution < 1.29 is 0 Å². The number of hydrogen-bond donors (Lipinski definition) is 1. The van der Waals surface area contributed by atoms with Crippen molar-refractivity contribution in [3.05, 3.63) is 60.2 Å². The summed E-state index contributed by atoms with van der Waals surface area (Å²) in [6.07, 6.45) is 10.7. The summed E-state index contributed by atoms with van der Waals surface area (Å²) in [5, 5.41) is 3.06. The third-order valence-electron chi connectivity index (χ3n) is 2.15. The molecule has 0 unspecified atom stereocenters. The second-order valence-corrected chi connectivity index (χ2v) is 3.44. The summed E-state index contributed by atoms with van der Waals surface area (Å²) >= 11 is 0. The standard InChI is InChI=1S/C14H19N.ClH/c1-15-13-9-4-2-3-6-10-14-11-7-5-8-12-14;/h2-5,7-9,11-12,15H,6,10,13H2,1H3;1H/b3-2+,9-4+;. The molecular formula is C14H20ClN. The highest BCUT2D eigenvalue weighted by Crippen LogP contribution is 2.02. The van der Waals surface area contributed by atoms with Crippen LogP contribution in [0.4, 0.5) is 0 Å². The summed E-state index contributed by atoms with van der Waals surface area (Å²) < 4.78 is 0. The van der Waals surface area contributed by atoms with Crippen molar-refractivity contribution in [2.75, 3.05) is 13.6 Å². The molecule has 0 fully saturated rings. The van der Waals surface area contributed by atoms with E-state index < -0.39 is 0 Å². The molecule has 0 spiro atoms. The predicted octanol–water partition coefficient (Wildman–Crippen LogP) is 3.37. The van der Waals surface area contributed by atoms with Crippen LogP contribution < -0.4 is 5.32 Å². The Bertz CT molecular complexity index is 304. The summed E-state index contributed by atoms with van der Waals surface area (Å²) in [6.45, 7) is 0.934. The van der Waals surface area contributed by atoms with Crippen molar-refractivity contribution in [3.63, 3.8) is 0 Å². The van der Waals surface area contributed by atoms with Crippen molar-refractivity contribution in [2.45, 2.75) is 12.8 Å². The van der Waals surface area contributed by atoms with Crippen LogP contribution in [-0.4, -0.2) is 13.6 Å². The Kier molecular flexibility index (Phi) is 9.78. The van der Waals surface area contributed by atoms with Gasteiger partial charge in [0, 0.05) is 6.54 Å². The molecule has 0 heterocycles. The zero-order chi connectivity index (χ0) is 10.8. The Morgan fingerprint density at radius 1 is 1.06 bits per heavy atom. The first-order valence-electron chi connectivity index (χ1n) is 5.43. The molecule has 1 N–H and O–H groups in total. The lowest BCUT2D eigenvalue weighted by Gasteiger charge is -1.95. The highest BCUT2D eigenvalue weighted by Gasteiger charge is 1.86. The van der Waals surface area contributed by atoms with Gasteiger partial charge in [0.1, 0.15) is 0 Å². The minimum absolute atomic E-state index is 0. The van der Waals surface area contributed by atoms with Crippen LogP contribution in [0.15, 0.2) is 54.6 Å². The predicted molar refractivity (Wildman–Crippen MR) is 74.2 cm³/mol. The minimum Gasteiger partial charge on any atom is -0.316 e. The maximum atomic E-state index is 3.06. The number of hydrogen-bond acceptors (Lipinski definition) is 1. The molecule has 0 amide bonds. The van der Waals surface area contributed by atoms with Gasteiger partial charge in [-0.25, -0.2) is 0 Å². The number of rotatable bonds is 6. The summed E-state index contributed by atoms with van der Waals surface area (Å²) in [5.74, 6) is 0. The van der Waals surface area contributed by atoms with Crippen molar-refractivity contribution in [1.82, 2.24) is 5.32 Å². The van der Waals surface area contributed by atoms with Crippen molar-refractivity contribution in [1.29, 1.82) is 0 Å². The molecule has 1 rings (SSSR count). The van der Waals surface area contributed by atoms with Gasteiger partial charge in [-0.15, -0.1) is 12.4 Å². The third-order valence-corrected chi connectivity index (χ3v) is 2.15. The summed E-state index contributed by atoms with van der Waals surface area (Å²) in [5.41, 5.74) is 1.40. The SMILES string of the molecule is CNC/C=C/C=C/CCc1ccccc1.Cl. The Balaban J connectivity index is 0.00000225. The molecule has 0 saturated heterocycles. The first-order valence-corrected chi connectivity index (χ1v) is 5.43. The number of allylic oxidation sites excluding steroid dienone is 3. The molecule has 0 radical (unpaired) electrons. The molecule has 0 atom stereocenters. The monoisotopic (exact) mass is 237 g/mol. The van der Waals surface area contributed by atoms with E-state index in [2.05, 4.69) is 60.0 Å². The quantitative estimate of drug-likeness (QED) is 0.748. The maximum Gasteiger partial charge on any atom is 0.0134 e.